The SMILES string of the molecule is CN(C)CCN(C)C.[CH-]=C(F)F.[Cl][Zn+]. The molecule has 0 rings (SSSR count). The molecule has 2 nitrogen and oxygen atoms in total. The first-order valence-corrected chi connectivity index (χ1v) is 7.75. The average Bonchev–Trinajstić information content (AvgIpc) is 2.03. The molecular weight excluding hydrogens is 263 g/mol. The fourth-order valence-electron chi connectivity index (χ4n) is 0.400. The van der Waals surface area contributed by atoms with Crippen molar-refractivity contribution in [2.75, 3.05) is 41.3 Å². The van der Waals surface area contributed by atoms with Gasteiger partial charge in [-0.15, -0.1) is 0 Å². The standard InChI is InChI=1S/C6H16N2.C2HF2.ClH.Zn/c1-7(2)5-6-8(3)4;1-2(3)4;;/h5-6H2,1-4H3;1H;1H;/q;-1;;+2/p-1. The van der Waals surface area contributed by atoms with Gasteiger partial charge < -0.3 is 16.4 Å². The first-order chi connectivity index (χ1) is 6.36. The van der Waals surface area contributed by atoms with E-state index in [0.29, 0.717) is 0 Å². The van der Waals surface area contributed by atoms with Crippen LogP contribution in [0.25, 0.3) is 0 Å². The Morgan fingerprint density at radius 3 is 1.29 bits per heavy atom. The van der Waals surface area contributed by atoms with Crippen LogP contribution in [0, 0.1) is 6.58 Å². The monoisotopic (exact) mass is 278 g/mol. The third-order valence-electron chi connectivity index (χ3n) is 0.994. The van der Waals surface area contributed by atoms with Crippen LogP contribution < -0.4 is 0 Å². The molecule has 0 aromatic rings. The van der Waals surface area contributed by atoms with Crippen LogP contribution in [-0.2, 0) is 17.3 Å². The van der Waals surface area contributed by atoms with E-state index in [-0.39, 0.29) is 0 Å². The summed E-state index contributed by atoms with van der Waals surface area (Å²) >= 11 is 0.847. The van der Waals surface area contributed by atoms with Gasteiger partial charge >= 0.3 is 27.0 Å². The summed E-state index contributed by atoms with van der Waals surface area (Å²) in [6.45, 7) is 5.99. The van der Waals surface area contributed by atoms with E-state index in [1.807, 2.05) is 0 Å². The zero-order valence-electron chi connectivity index (χ0n) is 9.23. The van der Waals surface area contributed by atoms with Crippen molar-refractivity contribution in [2.45, 2.75) is 0 Å². The molecule has 0 saturated carbocycles. The molecule has 6 heteroatoms. The molecule has 0 aliphatic heterocycles. The van der Waals surface area contributed by atoms with Crippen molar-refractivity contribution in [3.63, 3.8) is 0 Å². The second kappa shape index (κ2) is 15.9. The Bertz CT molecular complexity index is 112. The molecule has 0 aromatic carbocycles. The van der Waals surface area contributed by atoms with Gasteiger partial charge in [0.15, 0.2) is 0 Å². The maximum absolute atomic E-state index is 10.0. The van der Waals surface area contributed by atoms with Gasteiger partial charge in [0.1, 0.15) is 0 Å². The molecule has 0 radical (unpaired) electrons. The van der Waals surface area contributed by atoms with Crippen LogP contribution in [0.2, 0.25) is 0 Å². The molecule has 0 N–H and O–H groups in total. The van der Waals surface area contributed by atoms with Crippen molar-refractivity contribution in [3.05, 3.63) is 12.7 Å². The molecule has 0 fully saturated rings. The van der Waals surface area contributed by atoms with Crippen LogP contribution in [-0.4, -0.2) is 51.1 Å². The summed E-state index contributed by atoms with van der Waals surface area (Å²) in [5.41, 5.74) is 0. The summed E-state index contributed by atoms with van der Waals surface area (Å²) in [6.07, 6.45) is -2.08. The molecule has 0 aliphatic carbocycles. The third kappa shape index (κ3) is 55.1. The molecular formula is C8H17ClF2N2Zn. The van der Waals surface area contributed by atoms with E-state index in [9.17, 15) is 8.78 Å². The summed E-state index contributed by atoms with van der Waals surface area (Å²) in [4.78, 5) is 4.36. The van der Waals surface area contributed by atoms with Crippen LogP contribution in [0.4, 0.5) is 8.78 Å². The fraction of sp³-hybridized carbons (Fsp3) is 0.750. The van der Waals surface area contributed by atoms with Gasteiger partial charge in [0.25, 0.3) is 0 Å². The summed E-state index contributed by atoms with van der Waals surface area (Å²) in [5.74, 6) is 0. The summed E-state index contributed by atoms with van der Waals surface area (Å²) in [7, 11) is 13.1. The third-order valence-corrected chi connectivity index (χ3v) is 0.994. The molecule has 0 unspecified atom stereocenters. The number of hydrogen-bond acceptors (Lipinski definition) is 2. The van der Waals surface area contributed by atoms with E-state index in [1.54, 1.807) is 0 Å². The second-order valence-electron chi connectivity index (χ2n) is 2.90. The molecule has 0 aliphatic rings. The van der Waals surface area contributed by atoms with Crippen molar-refractivity contribution in [1.29, 1.82) is 0 Å². The molecule has 0 atom stereocenters. The number of likely N-dealkylation sites (N-methyl/N-ethyl adjacent to an activating group) is 2. The minimum atomic E-state index is -2.08. The second-order valence-corrected chi connectivity index (χ2v) is 2.90. The Morgan fingerprint density at radius 1 is 1.07 bits per heavy atom. The molecule has 82 valence electrons. The molecule has 0 saturated heterocycles. The molecule has 0 heterocycles. The van der Waals surface area contributed by atoms with Crippen molar-refractivity contribution in [1.82, 2.24) is 9.80 Å². The van der Waals surface area contributed by atoms with Gasteiger partial charge in [-0.05, 0) is 28.2 Å². The van der Waals surface area contributed by atoms with Crippen LogP contribution in [0.5, 0.6) is 0 Å². The van der Waals surface area contributed by atoms with Crippen molar-refractivity contribution in [3.8, 4) is 0 Å². The molecule has 0 aromatic heterocycles. The first kappa shape index (κ1) is 19.9. The summed E-state index contributed by atoms with van der Waals surface area (Å²) in [5, 5.41) is 0. The minimum absolute atomic E-state index is 0.847. The van der Waals surface area contributed by atoms with Gasteiger partial charge in [-0.2, -0.15) is 0 Å². The Balaban J connectivity index is -0.000000170. The van der Waals surface area contributed by atoms with E-state index in [4.69, 9.17) is 9.69 Å². The topological polar surface area (TPSA) is 6.48 Å². The zero-order valence-corrected chi connectivity index (χ0v) is 13.0. The Kier molecular flexibility index (Phi) is 22.6. The van der Waals surface area contributed by atoms with Gasteiger partial charge in [0.05, 0.1) is 6.08 Å². The van der Waals surface area contributed by atoms with Crippen molar-refractivity contribution in [2.24, 2.45) is 0 Å². The number of halogens is 3. The van der Waals surface area contributed by atoms with E-state index in [2.05, 4.69) is 44.6 Å². The maximum atomic E-state index is 10.0. The van der Waals surface area contributed by atoms with Gasteiger partial charge in [-0.25, -0.2) is 8.78 Å². The van der Waals surface area contributed by atoms with Crippen LogP contribution in [0.1, 0.15) is 0 Å². The number of hydrogen-bond donors (Lipinski definition) is 0. The van der Waals surface area contributed by atoms with E-state index < -0.39 is 6.08 Å². The van der Waals surface area contributed by atoms with E-state index in [1.165, 1.54) is 0 Å². The Morgan fingerprint density at radius 2 is 1.21 bits per heavy atom. The molecule has 0 amide bonds. The molecule has 0 bridgehead atoms. The van der Waals surface area contributed by atoms with Crippen LogP contribution in [0.15, 0.2) is 6.08 Å². The van der Waals surface area contributed by atoms with Gasteiger partial charge in [0, 0.05) is 13.1 Å². The predicted octanol–water partition coefficient (Wildman–Crippen LogP) is 2.00. The Hall–Kier alpha value is 0.433. The predicted molar refractivity (Wildman–Crippen MR) is 53.0 cm³/mol. The first-order valence-electron chi connectivity index (χ1n) is 3.86. The van der Waals surface area contributed by atoms with Crippen LogP contribution in [0.3, 0.4) is 0 Å². The Labute approximate surface area is 99.6 Å². The summed E-state index contributed by atoms with van der Waals surface area (Å²) in [6, 6.07) is 0. The van der Waals surface area contributed by atoms with Crippen molar-refractivity contribution >= 4 is 9.69 Å². The van der Waals surface area contributed by atoms with Gasteiger partial charge in [-0.3, -0.25) is 0 Å². The molecule has 14 heavy (non-hydrogen) atoms. The van der Waals surface area contributed by atoms with E-state index in [0.717, 1.165) is 30.4 Å². The normalized spacial score (nSPS) is 8.79. The number of rotatable bonds is 3. The average molecular weight is 280 g/mol. The quantitative estimate of drug-likeness (QED) is 0.576. The van der Waals surface area contributed by atoms with Gasteiger partial charge in [0.2, 0.25) is 0 Å². The zero-order chi connectivity index (χ0) is 12.1. The van der Waals surface area contributed by atoms with E-state index >= 15 is 0 Å². The van der Waals surface area contributed by atoms with Crippen LogP contribution >= 0.6 is 9.69 Å². The number of nitrogens with zero attached hydrogens (tertiary/aromatic N) is 2. The van der Waals surface area contributed by atoms with Gasteiger partial charge in [-0.1, -0.05) is 0 Å². The van der Waals surface area contributed by atoms with Crippen molar-refractivity contribution < 1.29 is 26.1 Å². The fourth-order valence-corrected chi connectivity index (χ4v) is 0.400. The molecule has 0 spiro atoms. The summed E-state index contributed by atoms with van der Waals surface area (Å²) < 4.78 is 20.1.